The summed E-state index contributed by atoms with van der Waals surface area (Å²) in [5, 5.41) is 0.639. The Labute approximate surface area is 151 Å². The maximum Gasteiger partial charge on any atom is 0.260 e. The van der Waals surface area contributed by atoms with E-state index in [2.05, 4.69) is 0 Å². The number of nitrogens with two attached hydrogens (primary N) is 1. The van der Waals surface area contributed by atoms with E-state index in [0.717, 1.165) is 0 Å². The minimum atomic E-state index is -0.511. The molecular weight excluding hydrogens is 344 g/mol. The molecule has 6 nitrogen and oxygen atoms in total. The predicted octanol–water partition coefficient (Wildman–Crippen LogP) is 2.36. The van der Waals surface area contributed by atoms with Gasteiger partial charge in [-0.25, -0.2) is 0 Å². The van der Waals surface area contributed by atoms with Crippen molar-refractivity contribution in [2.75, 3.05) is 26.8 Å². The van der Waals surface area contributed by atoms with Crippen LogP contribution < -0.4 is 15.2 Å². The zero-order chi connectivity index (χ0) is 18.2. The minimum Gasteiger partial charge on any atom is -0.492 e. The van der Waals surface area contributed by atoms with Crippen LogP contribution in [-0.2, 0) is 4.79 Å². The number of carbonyl (C=O) groups is 2. The van der Waals surface area contributed by atoms with Crippen molar-refractivity contribution in [1.29, 1.82) is 0 Å². The Bertz CT molecular complexity index is 717. The summed E-state index contributed by atoms with van der Waals surface area (Å²) in [7, 11) is 1.67. The molecule has 0 fully saturated rings. The lowest BCUT2D eigenvalue weighted by molar-refractivity contribution is -0.132. The third-order valence-electron chi connectivity index (χ3n) is 3.44. The van der Waals surface area contributed by atoms with Crippen molar-refractivity contribution in [3.63, 3.8) is 0 Å². The van der Waals surface area contributed by atoms with Crippen molar-refractivity contribution in [2.24, 2.45) is 5.73 Å². The van der Waals surface area contributed by atoms with E-state index in [9.17, 15) is 9.59 Å². The average Bonchev–Trinajstić information content (AvgIpc) is 2.61. The van der Waals surface area contributed by atoms with Gasteiger partial charge in [-0.3, -0.25) is 9.59 Å². The smallest absolute Gasteiger partial charge is 0.260 e. The van der Waals surface area contributed by atoms with Gasteiger partial charge < -0.3 is 20.1 Å². The lowest BCUT2D eigenvalue weighted by atomic mass is 10.2. The topological polar surface area (TPSA) is 81.9 Å². The molecule has 0 aliphatic carbocycles. The van der Waals surface area contributed by atoms with E-state index in [1.807, 2.05) is 0 Å². The van der Waals surface area contributed by atoms with Crippen molar-refractivity contribution in [3.8, 4) is 11.5 Å². The third-order valence-corrected chi connectivity index (χ3v) is 3.69. The molecule has 0 atom stereocenters. The quantitative estimate of drug-likeness (QED) is 0.781. The Morgan fingerprint density at radius 3 is 2.16 bits per heavy atom. The van der Waals surface area contributed by atoms with Gasteiger partial charge in [-0.1, -0.05) is 11.6 Å². The first-order valence-electron chi connectivity index (χ1n) is 7.60. The number of nitrogens with zero attached hydrogens (tertiary/aromatic N) is 1. The van der Waals surface area contributed by atoms with E-state index in [1.54, 1.807) is 55.6 Å². The van der Waals surface area contributed by atoms with Crippen LogP contribution in [0.15, 0.2) is 48.5 Å². The SMILES string of the molecule is CN(CCOc1ccc(Cl)cc1)C(=O)COc1ccc(C(N)=O)cc1. The van der Waals surface area contributed by atoms with Crippen LogP contribution in [0, 0.1) is 0 Å². The summed E-state index contributed by atoms with van der Waals surface area (Å²) in [4.78, 5) is 24.5. The number of hydrogen-bond donors (Lipinski definition) is 1. The van der Waals surface area contributed by atoms with Gasteiger partial charge in [0.1, 0.15) is 18.1 Å². The number of ether oxygens (including phenoxy) is 2. The Balaban J connectivity index is 1.72. The number of hydrogen-bond acceptors (Lipinski definition) is 4. The molecule has 2 N–H and O–H groups in total. The lowest BCUT2D eigenvalue weighted by Gasteiger charge is -2.18. The highest BCUT2D eigenvalue weighted by molar-refractivity contribution is 6.30. The Kier molecular flexibility index (Phi) is 6.65. The first-order valence-corrected chi connectivity index (χ1v) is 7.98. The normalized spacial score (nSPS) is 10.2. The number of amides is 2. The molecule has 0 radical (unpaired) electrons. The van der Waals surface area contributed by atoms with Gasteiger partial charge in [0.2, 0.25) is 5.91 Å². The number of likely N-dealkylation sites (N-methyl/N-ethyl adjacent to an activating group) is 1. The van der Waals surface area contributed by atoms with E-state index < -0.39 is 5.91 Å². The predicted molar refractivity (Wildman–Crippen MR) is 95.0 cm³/mol. The molecule has 0 aromatic heterocycles. The molecule has 0 spiro atoms. The maximum atomic E-state index is 12.0. The highest BCUT2D eigenvalue weighted by Gasteiger charge is 2.10. The van der Waals surface area contributed by atoms with E-state index in [4.69, 9.17) is 26.8 Å². The molecule has 2 aromatic rings. The second-order valence-electron chi connectivity index (χ2n) is 5.29. The molecule has 2 rings (SSSR count). The van der Waals surface area contributed by atoms with E-state index in [-0.39, 0.29) is 12.5 Å². The highest BCUT2D eigenvalue weighted by Crippen LogP contribution is 2.15. The van der Waals surface area contributed by atoms with E-state index in [1.165, 1.54) is 4.90 Å². The molecule has 0 aliphatic rings. The van der Waals surface area contributed by atoms with Crippen LogP contribution in [0.25, 0.3) is 0 Å². The minimum absolute atomic E-state index is 0.104. The largest absolute Gasteiger partial charge is 0.492 e. The van der Waals surface area contributed by atoms with Gasteiger partial charge in [-0.05, 0) is 48.5 Å². The first kappa shape index (κ1) is 18.6. The van der Waals surface area contributed by atoms with Crippen molar-refractivity contribution < 1.29 is 19.1 Å². The second-order valence-corrected chi connectivity index (χ2v) is 5.73. The molecule has 2 aromatic carbocycles. The molecule has 2 amide bonds. The lowest BCUT2D eigenvalue weighted by Crippen LogP contribution is -2.34. The third kappa shape index (κ3) is 6.00. The number of primary amides is 1. The Hall–Kier alpha value is -2.73. The Morgan fingerprint density at radius 1 is 1.00 bits per heavy atom. The summed E-state index contributed by atoms with van der Waals surface area (Å²) in [6, 6.07) is 13.3. The van der Waals surface area contributed by atoms with Crippen molar-refractivity contribution >= 4 is 23.4 Å². The van der Waals surface area contributed by atoms with Crippen molar-refractivity contribution in [1.82, 2.24) is 4.90 Å². The monoisotopic (exact) mass is 362 g/mol. The fraction of sp³-hybridized carbons (Fsp3) is 0.222. The van der Waals surface area contributed by atoms with Crippen LogP contribution in [-0.4, -0.2) is 43.5 Å². The summed E-state index contributed by atoms with van der Waals surface area (Å²) in [5.74, 6) is 0.488. The van der Waals surface area contributed by atoms with Crippen molar-refractivity contribution in [2.45, 2.75) is 0 Å². The Morgan fingerprint density at radius 2 is 1.56 bits per heavy atom. The average molecular weight is 363 g/mol. The standard InChI is InChI=1S/C18H19ClN2O4/c1-21(10-11-24-15-8-4-14(19)5-9-15)17(22)12-25-16-6-2-13(3-7-16)18(20)23/h2-9H,10-12H2,1H3,(H2,20,23). The summed E-state index contributed by atoms with van der Waals surface area (Å²) in [6.45, 7) is 0.677. The first-order chi connectivity index (χ1) is 12.0. The van der Waals surface area contributed by atoms with Crippen LogP contribution in [0.2, 0.25) is 5.02 Å². The fourth-order valence-electron chi connectivity index (χ4n) is 1.93. The molecule has 7 heteroatoms. The number of carbonyl (C=O) groups excluding carboxylic acids is 2. The van der Waals surface area contributed by atoms with Gasteiger partial charge in [0.15, 0.2) is 6.61 Å². The van der Waals surface area contributed by atoms with Crippen LogP contribution in [0.5, 0.6) is 11.5 Å². The highest BCUT2D eigenvalue weighted by atomic mass is 35.5. The van der Waals surface area contributed by atoms with Gasteiger partial charge in [-0.2, -0.15) is 0 Å². The molecular formula is C18H19ClN2O4. The number of halogens is 1. The van der Waals surface area contributed by atoms with Crippen LogP contribution >= 0.6 is 11.6 Å². The summed E-state index contributed by atoms with van der Waals surface area (Å²) in [5.41, 5.74) is 5.55. The zero-order valence-corrected chi connectivity index (χ0v) is 14.5. The number of rotatable bonds is 8. The zero-order valence-electron chi connectivity index (χ0n) is 13.8. The summed E-state index contributed by atoms with van der Waals surface area (Å²) >= 11 is 5.80. The molecule has 0 aliphatic heterocycles. The fourth-order valence-corrected chi connectivity index (χ4v) is 2.05. The summed E-state index contributed by atoms with van der Waals surface area (Å²) in [6.07, 6.45) is 0. The van der Waals surface area contributed by atoms with E-state index >= 15 is 0 Å². The molecule has 0 unspecified atom stereocenters. The molecule has 0 heterocycles. The molecule has 0 saturated carbocycles. The maximum absolute atomic E-state index is 12.0. The van der Waals surface area contributed by atoms with Gasteiger partial charge in [-0.15, -0.1) is 0 Å². The van der Waals surface area contributed by atoms with Gasteiger partial charge in [0.05, 0.1) is 6.54 Å². The molecule has 0 bridgehead atoms. The van der Waals surface area contributed by atoms with Crippen LogP contribution in [0.3, 0.4) is 0 Å². The van der Waals surface area contributed by atoms with Crippen LogP contribution in [0.4, 0.5) is 0 Å². The summed E-state index contributed by atoms with van der Waals surface area (Å²) < 4.78 is 10.9. The molecule has 132 valence electrons. The molecule has 0 saturated heterocycles. The van der Waals surface area contributed by atoms with Gasteiger partial charge in [0.25, 0.3) is 5.91 Å². The van der Waals surface area contributed by atoms with E-state index in [0.29, 0.717) is 35.2 Å². The second kappa shape index (κ2) is 8.94. The van der Waals surface area contributed by atoms with Crippen LogP contribution in [0.1, 0.15) is 10.4 Å². The van der Waals surface area contributed by atoms with Crippen molar-refractivity contribution in [3.05, 3.63) is 59.1 Å². The van der Waals surface area contributed by atoms with Gasteiger partial charge in [0, 0.05) is 17.6 Å². The van der Waals surface area contributed by atoms with Gasteiger partial charge >= 0.3 is 0 Å². The number of benzene rings is 2. The molecule has 25 heavy (non-hydrogen) atoms.